The molecule has 0 spiro atoms. The lowest BCUT2D eigenvalue weighted by Gasteiger charge is -2.11. The number of nitrogens with one attached hydrogen (secondary N) is 1. The molecule has 5 heteroatoms. The van der Waals surface area contributed by atoms with Gasteiger partial charge in [0.15, 0.2) is 0 Å². The monoisotopic (exact) mass is 289 g/mol. The minimum atomic E-state index is -0.209. The van der Waals surface area contributed by atoms with E-state index in [0.29, 0.717) is 27.7 Å². The fourth-order valence-corrected chi connectivity index (χ4v) is 2.12. The summed E-state index contributed by atoms with van der Waals surface area (Å²) >= 11 is 5.98. The average Bonchev–Trinajstić information content (AvgIpc) is 2.35. The molecular weight excluding hydrogens is 274 g/mol. The molecule has 0 bridgehead atoms. The van der Waals surface area contributed by atoms with Crippen LogP contribution in [-0.4, -0.2) is 10.9 Å². The van der Waals surface area contributed by atoms with E-state index in [2.05, 4.69) is 10.3 Å². The lowest BCUT2D eigenvalue weighted by atomic mass is 10.1. The van der Waals surface area contributed by atoms with Gasteiger partial charge in [-0.25, -0.2) is 0 Å². The SMILES string of the molecule is Cc1ccc(C(=O)Nc2cc(Cl)c(N)cc2C)c(C)n1. The quantitative estimate of drug-likeness (QED) is 0.832. The molecule has 0 aliphatic rings. The molecule has 20 heavy (non-hydrogen) atoms. The summed E-state index contributed by atoms with van der Waals surface area (Å²) in [5.74, 6) is -0.209. The maximum Gasteiger partial charge on any atom is 0.257 e. The van der Waals surface area contributed by atoms with Gasteiger partial charge in [-0.1, -0.05) is 11.6 Å². The number of nitrogens with zero attached hydrogens (tertiary/aromatic N) is 1. The van der Waals surface area contributed by atoms with E-state index in [1.54, 1.807) is 18.2 Å². The number of carbonyl (C=O) groups is 1. The summed E-state index contributed by atoms with van der Waals surface area (Å²) in [6, 6.07) is 6.96. The van der Waals surface area contributed by atoms with Crippen LogP contribution >= 0.6 is 11.6 Å². The van der Waals surface area contributed by atoms with Crippen LogP contribution in [0.25, 0.3) is 0 Å². The fraction of sp³-hybridized carbons (Fsp3) is 0.200. The van der Waals surface area contributed by atoms with Crippen molar-refractivity contribution in [2.24, 2.45) is 0 Å². The van der Waals surface area contributed by atoms with Crippen LogP contribution in [0.5, 0.6) is 0 Å². The third-order valence-electron chi connectivity index (χ3n) is 3.06. The van der Waals surface area contributed by atoms with Gasteiger partial charge in [0.25, 0.3) is 5.91 Å². The van der Waals surface area contributed by atoms with Gasteiger partial charge < -0.3 is 11.1 Å². The first kappa shape index (κ1) is 14.3. The Balaban J connectivity index is 2.30. The van der Waals surface area contributed by atoms with E-state index in [1.165, 1.54) is 0 Å². The molecule has 0 aliphatic heterocycles. The lowest BCUT2D eigenvalue weighted by Crippen LogP contribution is -2.15. The van der Waals surface area contributed by atoms with E-state index < -0.39 is 0 Å². The molecule has 0 saturated carbocycles. The first-order valence-electron chi connectivity index (χ1n) is 6.19. The number of nitrogens with two attached hydrogens (primary N) is 1. The van der Waals surface area contributed by atoms with Crippen LogP contribution in [-0.2, 0) is 0 Å². The van der Waals surface area contributed by atoms with E-state index in [0.717, 1.165) is 11.3 Å². The Morgan fingerprint density at radius 1 is 1.25 bits per heavy atom. The van der Waals surface area contributed by atoms with Gasteiger partial charge in [-0.2, -0.15) is 0 Å². The smallest absolute Gasteiger partial charge is 0.257 e. The highest BCUT2D eigenvalue weighted by atomic mass is 35.5. The summed E-state index contributed by atoms with van der Waals surface area (Å²) in [6.45, 7) is 5.56. The molecule has 1 aromatic heterocycles. The van der Waals surface area contributed by atoms with Gasteiger partial charge in [-0.3, -0.25) is 9.78 Å². The molecule has 0 atom stereocenters. The number of pyridine rings is 1. The van der Waals surface area contributed by atoms with Gasteiger partial charge in [0.1, 0.15) is 0 Å². The molecule has 3 N–H and O–H groups in total. The van der Waals surface area contributed by atoms with Gasteiger partial charge in [0.2, 0.25) is 0 Å². The topological polar surface area (TPSA) is 68.0 Å². The van der Waals surface area contributed by atoms with Gasteiger partial charge in [-0.05, 0) is 50.6 Å². The molecule has 1 heterocycles. The Labute approximate surface area is 123 Å². The van der Waals surface area contributed by atoms with Crippen LogP contribution in [0.1, 0.15) is 27.3 Å². The summed E-state index contributed by atoms with van der Waals surface area (Å²) in [5.41, 5.74) is 9.84. The van der Waals surface area contributed by atoms with Crippen LogP contribution in [0.4, 0.5) is 11.4 Å². The molecule has 2 aromatic rings. The number of hydrogen-bond acceptors (Lipinski definition) is 3. The maximum absolute atomic E-state index is 12.3. The van der Waals surface area contributed by atoms with E-state index in [-0.39, 0.29) is 5.91 Å². The normalized spacial score (nSPS) is 10.4. The molecule has 2 rings (SSSR count). The van der Waals surface area contributed by atoms with Crippen molar-refractivity contribution in [3.8, 4) is 0 Å². The number of hydrogen-bond donors (Lipinski definition) is 2. The Kier molecular flexibility index (Phi) is 3.95. The summed E-state index contributed by atoms with van der Waals surface area (Å²) in [7, 11) is 0. The van der Waals surface area contributed by atoms with Gasteiger partial charge in [-0.15, -0.1) is 0 Å². The number of aryl methyl sites for hydroxylation is 3. The molecule has 104 valence electrons. The fourth-order valence-electron chi connectivity index (χ4n) is 1.95. The summed E-state index contributed by atoms with van der Waals surface area (Å²) in [6.07, 6.45) is 0. The minimum Gasteiger partial charge on any atom is -0.398 e. The van der Waals surface area contributed by atoms with Crippen molar-refractivity contribution in [2.75, 3.05) is 11.1 Å². The first-order valence-corrected chi connectivity index (χ1v) is 6.57. The van der Waals surface area contributed by atoms with E-state index in [4.69, 9.17) is 17.3 Å². The number of anilines is 2. The molecular formula is C15H16ClN3O. The highest BCUT2D eigenvalue weighted by molar-refractivity contribution is 6.33. The molecule has 1 amide bonds. The molecule has 0 unspecified atom stereocenters. The van der Waals surface area contributed by atoms with Crippen molar-refractivity contribution < 1.29 is 4.79 Å². The van der Waals surface area contributed by atoms with Crippen LogP contribution in [0.15, 0.2) is 24.3 Å². The third kappa shape index (κ3) is 2.91. The highest BCUT2D eigenvalue weighted by Gasteiger charge is 2.12. The molecule has 0 saturated heterocycles. The number of nitrogen functional groups attached to an aromatic ring is 1. The lowest BCUT2D eigenvalue weighted by molar-refractivity contribution is 0.102. The third-order valence-corrected chi connectivity index (χ3v) is 3.39. The number of amides is 1. The second-order valence-electron chi connectivity index (χ2n) is 4.73. The zero-order valence-corrected chi connectivity index (χ0v) is 12.4. The predicted octanol–water partition coefficient (Wildman–Crippen LogP) is 3.49. The van der Waals surface area contributed by atoms with Crippen molar-refractivity contribution in [3.05, 3.63) is 51.8 Å². The molecule has 0 aliphatic carbocycles. The Morgan fingerprint density at radius 2 is 1.95 bits per heavy atom. The highest BCUT2D eigenvalue weighted by Crippen LogP contribution is 2.27. The largest absolute Gasteiger partial charge is 0.398 e. The molecule has 4 nitrogen and oxygen atoms in total. The Bertz CT molecular complexity index is 683. The minimum absolute atomic E-state index is 0.209. The second-order valence-corrected chi connectivity index (χ2v) is 5.14. The zero-order chi connectivity index (χ0) is 14.9. The van der Waals surface area contributed by atoms with Crippen molar-refractivity contribution in [3.63, 3.8) is 0 Å². The summed E-state index contributed by atoms with van der Waals surface area (Å²) in [5, 5.41) is 3.26. The van der Waals surface area contributed by atoms with E-state index in [9.17, 15) is 4.79 Å². The van der Waals surface area contributed by atoms with Crippen LogP contribution < -0.4 is 11.1 Å². The molecule has 0 radical (unpaired) electrons. The Hall–Kier alpha value is -2.07. The molecule has 0 fully saturated rings. The van der Waals surface area contributed by atoms with E-state index >= 15 is 0 Å². The van der Waals surface area contributed by atoms with Crippen molar-refractivity contribution in [2.45, 2.75) is 20.8 Å². The van der Waals surface area contributed by atoms with Crippen LogP contribution in [0.3, 0.4) is 0 Å². The van der Waals surface area contributed by atoms with Crippen LogP contribution in [0, 0.1) is 20.8 Å². The first-order chi connectivity index (χ1) is 9.38. The second kappa shape index (κ2) is 5.51. The summed E-state index contributed by atoms with van der Waals surface area (Å²) in [4.78, 5) is 16.6. The predicted molar refractivity (Wildman–Crippen MR) is 82.3 cm³/mol. The molecule has 1 aromatic carbocycles. The van der Waals surface area contributed by atoms with Crippen LogP contribution in [0.2, 0.25) is 5.02 Å². The number of carbonyl (C=O) groups excluding carboxylic acids is 1. The number of benzene rings is 1. The number of halogens is 1. The van der Waals surface area contributed by atoms with Gasteiger partial charge in [0, 0.05) is 11.4 Å². The number of rotatable bonds is 2. The standard InChI is InChI=1S/C15H16ClN3O/c1-8-6-13(17)12(16)7-14(8)19-15(20)11-5-4-9(2)18-10(11)3/h4-7H,17H2,1-3H3,(H,19,20). The van der Waals surface area contributed by atoms with Gasteiger partial charge in [0.05, 0.1) is 22.0 Å². The van der Waals surface area contributed by atoms with Gasteiger partial charge >= 0.3 is 0 Å². The Morgan fingerprint density at radius 3 is 2.60 bits per heavy atom. The average molecular weight is 290 g/mol. The van der Waals surface area contributed by atoms with Crippen molar-refractivity contribution in [1.82, 2.24) is 4.98 Å². The summed E-state index contributed by atoms with van der Waals surface area (Å²) < 4.78 is 0. The van der Waals surface area contributed by atoms with E-state index in [1.807, 2.05) is 26.8 Å². The van der Waals surface area contributed by atoms with Crippen molar-refractivity contribution >= 4 is 28.9 Å². The van der Waals surface area contributed by atoms with Crippen molar-refractivity contribution in [1.29, 1.82) is 0 Å². The maximum atomic E-state index is 12.3. The number of aromatic nitrogens is 1. The zero-order valence-electron chi connectivity index (χ0n) is 11.6.